The maximum atomic E-state index is 13.4. The smallest absolute Gasteiger partial charge is 0.277 e. The summed E-state index contributed by atoms with van der Waals surface area (Å²) >= 11 is 7.99. The van der Waals surface area contributed by atoms with Crippen molar-refractivity contribution in [1.29, 1.82) is 0 Å². The van der Waals surface area contributed by atoms with Gasteiger partial charge in [-0.25, -0.2) is 14.6 Å². The average molecular weight is 1000 g/mol. The number of nitrogens with two attached hydrogens (primary N) is 2. The van der Waals surface area contributed by atoms with Crippen LogP contribution in [0, 0.1) is 5.41 Å². The number of nitrogens with zero attached hydrogens (tertiary/aromatic N) is 7. The molecule has 6 heterocycles. The summed E-state index contributed by atoms with van der Waals surface area (Å²) < 4.78 is 18.3. The van der Waals surface area contributed by atoms with Crippen LogP contribution in [0.25, 0.3) is 10.8 Å². The number of halogens is 1. The number of hydrogen-bond donors (Lipinski definition) is 5. The number of carbonyl (C=O) groups is 5. The zero-order valence-corrected chi connectivity index (χ0v) is 40.6. The van der Waals surface area contributed by atoms with Crippen LogP contribution in [0.2, 0.25) is 5.02 Å². The van der Waals surface area contributed by atoms with E-state index in [1.807, 2.05) is 6.92 Å². The normalized spacial score (nSPS) is 20.2. The van der Waals surface area contributed by atoms with Gasteiger partial charge in [-0.1, -0.05) is 41.6 Å². The maximum Gasteiger partial charge on any atom is 0.277 e. The molecule has 7 N–H and O–H groups in total. The Morgan fingerprint density at radius 2 is 1.61 bits per heavy atom. The third kappa shape index (κ3) is 11.8. The van der Waals surface area contributed by atoms with Crippen molar-refractivity contribution < 1.29 is 38.2 Å². The van der Waals surface area contributed by atoms with Crippen LogP contribution in [-0.2, 0) is 38.2 Å². The first kappa shape index (κ1) is 50.5. The number of rotatable bonds is 18. The van der Waals surface area contributed by atoms with Crippen molar-refractivity contribution >= 4 is 86.7 Å². The number of aromatic nitrogens is 4. The Labute approximate surface area is 413 Å². The summed E-state index contributed by atoms with van der Waals surface area (Å²) in [4.78, 5) is 91.7. The van der Waals surface area contributed by atoms with Crippen molar-refractivity contribution in [3.05, 3.63) is 64.2 Å². The third-order valence-electron chi connectivity index (χ3n) is 13.4. The molecule has 0 saturated carbocycles. The number of hydrogen-bond acceptors (Lipinski definition) is 17. The quantitative estimate of drug-likeness (QED) is 0.0708. The Hall–Kier alpha value is -5.91. The fraction of sp³-hybridized carbons (Fsp3) is 0.511. The molecule has 2 aromatic heterocycles. The first-order chi connectivity index (χ1) is 33.8. The Balaban J connectivity index is 0.688. The molecule has 23 heteroatoms. The van der Waals surface area contributed by atoms with Crippen molar-refractivity contribution in [3.8, 4) is 0 Å². The molecular weight excluding hydrogens is 944 g/mol. The van der Waals surface area contributed by atoms with Crippen LogP contribution in [0.1, 0.15) is 57.9 Å². The molecule has 4 fully saturated rings. The minimum atomic E-state index is -0.864. The number of imide groups is 1. The Bertz CT molecular complexity index is 2640. The van der Waals surface area contributed by atoms with Gasteiger partial charge < -0.3 is 51.0 Å². The van der Waals surface area contributed by atoms with Crippen LogP contribution in [0.4, 0.5) is 23.0 Å². The van der Waals surface area contributed by atoms with Gasteiger partial charge in [0.2, 0.25) is 23.6 Å². The second-order valence-corrected chi connectivity index (χ2v) is 19.3. The van der Waals surface area contributed by atoms with E-state index in [2.05, 4.69) is 35.9 Å². The average Bonchev–Trinajstić information content (AvgIpc) is 3.63. The maximum absolute atomic E-state index is 13.4. The molecule has 3 atom stereocenters. The molecule has 4 aliphatic rings. The highest BCUT2D eigenvalue weighted by Gasteiger charge is 2.47. The van der Waals surface area contributed by atoms with Gasteiger partial charge >= 0.3 is 0 Å². The molecule has 4 aromatic rings. The van der Waals surface area contributed by atoms with E-state index < -0.39 is 17.5 Å². The largest absolute Gasteiger partial charge is 0.382 e. The molecule has 4 saturated heterocycles. The number of piperidine rings is 2. The third-order valence-corrected chi connectivity index (χ3v) is 15.0. The van der Waals surface area contributed by atoms with Gasteiger partial charge in [0, 0.05) is 92.5 Å². The molecule has 5 amide bonds. The fourth-order valence-electron chi connectivity index (χ4n) is 9.24. The van der Waals surface area contributed by atoms with E-state index in [1.165, 1.54) is 18.0 Å². The van der Waals surface area contributed by atoms with Crippen LogP contribution >= 0.6 is 23.4 Å². The Morgan fingerprint density at radius 3 is 2.31 bits per heavy atom. The number of nitrogens with one attached hydrogen (secondary N) is 3. The van der Waals surface area contributed by atoms with Crippen molar-refractivity contribution in [3.63, 3.8) is 0 Å². The highest BCUT2D eigenvalue weighted by Crippen LogP contribution is 2.43. The minimum Gasteiger partial charge on any atom is -0.382 e. The predicted octanol–water partition coefficient (Wildman–Crippen LogP) is 2.81. The number of ether oxygens (including phenoxy) is 3. The van der Waals surface area contributed by atoms with E-state index in [0.29, 0.717) is 95.5 Å². The number of anilines is 4. The molecule has 374 valence electrons. The number of carbonyl (C=O) groups excluding carboxylic acids is 5. The van der Waals surface area contributed by atoms with Crippen molar-refractivity contribution in [1.82, 2.24) is 34.9 Å². The van der Waals surface area contributed by atoms with E-state index in [1.54, 1.807) is 52.4 Å². The van der Waals surface area contributed by atoms with Gasteiger partial charge in [0.05, 0.1) is 74.0 Å². The van der Waals surface area contributed by atoms with Gasteiger partial charge in [-0.05, 0) is 44.4 Å². The first-order valence-corrected chi connectivity index (χ1v) is 24.8. The van der Waals surface area contributed by atoms with Crippen LogP contribution in [0.3, 0.4) is 0 Å². The molecule has 0 bridgehead atoms. The lowest BCUT2D eigenvalue weighted by Gasteiger charge is -2.41. The Kier molecular flexibility index (Phi) is 16.5. The van der Waals surface area contributed by atoms with Crippen LogP contribution < -0.4 is 37.9 Å². The zero-order chi connectivity index (χ0) is 49.4. The molecule has 4 aliphatic heterocycles. The van der Waals surface area contributed by atoms with Gasteiger partial charge in [-0.15, -0.1) is 0 Å². The molecule has 1 spiro atoms. The fourth-order valence-corrected chi connectivity index (χ4v) is 10.3. The molecule has 2 aromatic carbocycles. The summed E-state index contributed by atoms with van der Waals surface area (Å²) in [5.74, 6) is -0.564. The van der Waals surface area contributed by atoms with Gasteiger partial charge in [-0.2, -0.15) is 5.10 Å². The molecular formula is C47H59ClN12O9S. The minimum absolute atomic E-state index is 0.00241. The first-order valence-electron chi connectivity index (χ1n) is 23.6. The second kappa shape index (κ2) is 22.9. The number of piperazine rings is 1. The second-order valence-electron chi connectivity index (χ2n) is 17.9. The van der Waals surface area contributed by atoms with Crippen molar-refractivity contribution in [2.45, 2.75) is 80.0 Å². The van der Waals surface area contributed by atoms with Gasteiger partial charge in [0.1, 0.15) is 16.9 Å². The van der Waals surface area contributed by atoms with Crippen LogP contribution in [-0.4, -0.2) is 150 Å². The van der Waals surface area contributed by atoms with Crippen molar-refractivity contribution in [2.24, 2.45) is 11.1 Å². The van der Waals surface area contributed by atoms with Crippen LogP contribution in [0.15, 0.2) is 63.5 Å². The summed E-state index contributed by atoms with van der Waals surface area (Å²) in [6.45, 7) is 7.25. The molecule has 70 heavy (non-hydrogen) atoms. The number of amides is 5. The molecule has 1 unspecified atom stereocenters. The predicted molar refractivity (Wildman–Crippen MR) is 262 cm³/mol. The van der Waals surface area contributed by atoms with Crippen LogP contribution in [0.5, 0.6) is 0 Å². The van der Waals surface area contributed by atoms with E-state index in [0.717, 1.165) is 30.6 Å². The summed E-state index contributed by atoms with van der Waals surface area (Å²) in [5.41, 5.74) is 13.4. The molecule has 0 radical (unpaired) electrons. The topological polar surface area (TPSA) is 272 Å². The van der Waals surface area contributed by atoms with E-state index in [4.69, 9.17) is 37.3 Å². The van der Waals surface area contributed by atoms with E-state index >= 15 is 0 Å². The Morgan fingerprint density at radius 1 is 0.914 bits per heavy atom. The lowest BCUT2D eigenvalue weighted by atomic mass is 9.73. The highest BCUT2D eigenvalue weighted by atomic mass is 35.5. The number of benzene rings is 2. The van der Waals surface area contributed by atoms with Gasteiger partial charge in [-0.3, -0.25) is 34.1 Å². The number of nitrogen functional groups attached to an aromatic ring is 1. The van der Waals surface area contributed by atoms with E-state index in [-0.39, 0.29) is 92.3 Å². The summed E-state index contributed by atoms with van der Waals surface area (Å²) in [7, 11) is 0. The lowest BCUT2D eigenvalue weighted by molar-refractivity contribution is -0.140. The molecule has 0 aliphatic carbocycles. The van der Waals surface area contributed by atoms with Gasteiger partial charge in [0.15, 0.2) is 5.82 Å². The van der Waals surface area contributed by atoms with Gasteiger partial charge in [0.25, 0.3) is 11.5 Å². The molecule has 8 rings (SSSR count). The lowest BCUT2D eigenvalue weighted by Crippen LogP contribution is -2.50. The number of fused-ring (bicyclic) bond motifs is 1. The standard InChI is InChI=1S/C47H59ClN12O9S/c1-29-42(49)47(28-69-29)13-16-57(17-14-47)35-27-52-45(43(50)55-35)70-34-7-3-6-32(41(34)48)54-36(61)10-11-38(63)58-18-20-59(21-19-58)39(64)12-22-67-24-25-68-23-15-51-31-5-2-4-30-26-53-60(46(66)40(30)31)33-8-9-37(62)56-44(33)65/h2-7,26-27,29,33,42,51H,8-25,28,49H2,1H3,(H2,50,55)(H,54,61)(H,56,62,65)/t29-,33?,42+/m0/s1. The summed E-state index contributed by atoms with van der Waals surface area (Å²) in [5, 5.41) is 14.3. The SMILES string of the molecule is C[C@@H]1OCC2(CCN(c3cnc(Sc4cccc(NC(=O)CCC(=O)N5CCN(C(=O)CCOCCOCCNc6cccc7cnn(C8CCC(=O)NC8=O)c(=O)c67)CC5)c4Cl)c(N)n3)CC2)[C@@H]1N. The zero-order valence-electron chi connectivity index (χ0n) is 39.0. The summed E-state index contributed by atoms with van der Waals surface area (Å²) in [6.07, 6.45) is 5.57. The summed E-state index contributed by atoms with van der Waals surface area (Å²) in [6, 6.07) is 9.73. The monoisotopic (exact) mass is 1000 g/mol. The molecule has 21 nitrogen and oxygen atoms in total. The van der Waals surface area contributed by atoms with E-state index in [9.17, 15) is 28.8 Å². The highest BCUT2D eigenvalue weighted by molar-refractivity contribution is 7.99. The van der Waals surface area contributed by atoms with Crippen molar-refractivity contribution in [2.75, 3.05) is 100 Å².